The second kappa shape index (κ2) is 42.5. The molecule has 0 spiro atoms. The molecule has 0 fully saturated rings. The van der Waals surface area contributed by atoms with Gasteiger partial charge >= 0.3 is 42.2 Å². The lowest BCUT2D eigenvalue weighted by Gasteiger charge is -2.12. The fourth-order valence-electron chi connectivity index (χ4n) is 15.4. The molecule has 0 aliphatic heterocycles. The van der Waals surface area contributed by atoms with Gasteiger partial charge in [0, 0.05) is 157 Å². The van der Waals surface area contributed by atoms with Crippen LogP contribution >= 0.6 is 92.8 Å². The second-order valence-electron chi connectivity index (χ2n) is 31.1. The lowest BCUT2D eigenvalue weighted by atomic mass is 9.98. The van der Waals surface area contributed by atoms with Gasteiger partial charge in [0.1, 0.15) is 28.5 Å². The number of nitrogens with zero attached hydrogens (tertiary/aromatic N) is 15. The van der Waals surface area contributed by atoms with Gasteiger partial charge in [-0.05, 0) is 170 Å². The van der Waals surface area contributed by atoms with Gasteiger partial charge in [0.15, 0.2) is 0 Å². The number of alkyl halides is 6. The molecule has 0 aliphatic carbocycles. The molecule has 0 aliphatic rings. The Morgan fingerprint density at radius 2 is 0.532 bits per heavy atom. The van der Waals surface area contributed by atoms with E-state index < -0.39 is 53.3 Å². The van der Waals surface area contributed by atoms with Crippen molar-refractivity contribution in [2.75, 3.05) is 0 Å². The number of pyridine rings is 10. The van der Waals surface area contributed by atoms with Crippen LogP contribution in [0.4, 0.5) is 26.3 Å². The number of fused-ring (bicyclic) bond motifs is 5. The highest BCUT2D eigenvalue weighted by Gasteiger charge is 2.36. The van der Waals surface area contributed by atoms with Gasteiger partial charge in [0.25, 0.3) is 0 Å². The molecule has 39 heteroatoms. The summed E-state index contributed by atoms with van der Waals surface area (Å²) in [5.74, 6) is -5.53. The molecule has 15 heterocycles. The molecule has 0 unspecified atom stereocenters. The molecule has 0 radical (unpaired) electrons. The van der Waals surface area contributed by atoms with Gasteiger partial charge in [0.2, 0.25) is 0 Å². The van der Waals surface area contributed by atoms with Gasteiger partial charge in [-0.3, -0.25) is 0 Å². The fourth-order valence-corrected chi connectivity index (χ4v) is 16.8. The van der Waals surface area contributed by atoms with Crippen LogP contribution in [0.5, 0.6) is 0 Å². The Morgan fingerprint density at radius 3 is 0.851 bits per heavy atom. The highest BCUT2D eigenvalue weighted by atomic mass is 35.5. The molecule has 0 bridgehead atoms. The third-order valence-corrected chi connectivity index (χ3v) is 23.6. The van der Waals surface area contributed by atoms with Crippen molar-refractivity contribution in [3.8, 4) is 56.3 Å². The predicted octanol–water partition coefficient (Wildman–Crippen LogP) is 25.7. The summed E-state index contributed by atoms with van der Waals surface area (Å²) >= 11 is 48.9. The van der Waals surface area contributed by atoms with Crippen molar-refractivity contribution >= 4 is 150 Å². The van der Waals surface area contributed by atoms with Gasteiger partial charge < -0.3 is 25.5 Å². The largest absolute Gasteiger partial charge is 0.477 e. The minimum atomic E-state index is -4.57. The Kier molecular flexibility index (Phi) is 29.7. The summed E-state index contributed by atoms with van der Waals surface area (Å²) in [6, 6.07) is 74.0. The Bertz CT molecular complexity index is 8240. The normalized spacial score (nSPS) is 11.3. The maximum Gasteiger partial charge on any atom is 0.417 e. The summed E-state index contributed by atoms with van der Waals surface area (Å²) in [5.41, 5.74) is 14.1. The van der Waals surface area contributed by atoms with Crippen molar-refractivity contribution in [3.05, 3.63) is 440 Å². The SMILES string of the molecule is O=C(O)c1cccc(Cc2c(-c3ccc(Cl)cc3)nn3cc(Cl)ccc23)n1.O=C(O)c1cccc(Cc2c(-c3cccc(C(F)(F)F)c3)nn3cc(Cl)ccc23)n1.O=C(O)c1cccc(Cc2c(-c3cccc(Cl)c3)nn3cc(Cl)ccc23)n1.O=C(O)c1cccc(Cc2c(-c3ccccc3C(F)(F)F)nn3cc(Cl)ccc23)n1.O=C(O)c1cccc(Cc2c(-c3ccccc3Cl)nn3cc(Cl)ccc23)n1. The summed E-state index contributed by atoms with van der Waals surface area (Å²) in [6.07, 6.45) is 0.730. The van der Waals surface area contributed by atoms with Crippen LogP contribution in [-0.4, -0.2) is 128 Å². The lowest BCUT2D eigenvalue weighted by molar-refractivity contribution is -0.138. The van der Waals surface area contributed by atoms with Crippen LogP contribution in [0.15, 0.2) is 304 Å². The van der Waals surface area contributed by atoms with Crippen LogP contribution in [0.2, 0.25) is 40.2 Å². The third kappa shape index (κ3) is 23.3. The van der Waals surface area contributed by atoms with E-state index in [1.165, 1.54) is 75.9 Å². The van der Waals surface area contributed by atoms with Crippen molar-refractivity contribution in [1.82, 2.24) is 73.0 Å². The van der Waals surface area contributed by atoms with Crippen LogP contribution in [0, 0.1) is 0 Å². The van der Waals surface area contributed by atoms with Crippen molar-refractivity contribution < 1.29 is 75.8 Å². The number of carbonyl (C=O) groups is 5. The van der Waals surface area contributed by atoms with Crippen molar-refractivity contribution in [2.24, 2.45) is 0 Å². The smallest absolute Gasteiger partial charge is 0.417 e. The van der Waals surface area contributed by atoms with Crippen molar-refractivity contribution in [1.29, 1.82) is 0 Å². The monoisotopic (exact) mass is 2050 g/mol. The van der Waals surface area contributed by atoms with Gasteiger partial charge in [-0.2, -0.15) is 51.8 Å². The predicted molar refractivity (Wildman–Crippen MR) is 523 cm³/mol. The minimum absolute atomic E-state index is 0.00584. The molecule has 0 saturated heterocycles. The zero-order valence-electron chi connectivity index (χ0n) is 72.2. The van der Waals surface area contributed by atoms with E-state index in [4.69, 9.17) is 92.8 Å². The van der Waals surface area contributed by atoms with Crippen LogP contribution in [0.3, 0.4) is 0 Å². The maximum absolute atomic E-state index is 13.6. The Balaban J connectivity index is 0.000000127. The molecular formula is C102H65Cl8F6N15O10. The quantitative estimate of drug-likeness (QED) is 0.0443. The van der Waals surface area contributed by atoms with E-state index in [0.717, 1.165) is 79.5 Å². The maximum atomic E-state index is 13.6. The molecule has 5 aromatic carbocycles. The third-order valence-electron chi connectivity index (χ3n) is 21.7. The zero-order chi connectivity index (χ0) is 99.8. The first-order valence-electron chi connectivity index (χ1n) is 41.9. The van der Waals surface area contributed by atoms with Gasteiger partial charge in [-0.25, -0.2) is 71.5 Å². The van der Waals surface area contributed by atoms with Gasteiger partial charge in [0.05, 0.1) is 97.3 Å². The molecule has 5 N–H and O–H groups in total. The van der Waals surface area contributed by atoms with Crippen LogP contribution in [-0.2, 0) is 44.5 Å². The van der Waals surface area contributed by atoms with Gasteiger partial charge in [-0.1, -0.05) is 196 Å². The van der Waals surface area contributed by atoms with E-state index in [0.29, 0.717) is 121 Å². The Labute approximate surface area is 833 Å². The van der Waals surface area contributed by atoms with Gasteiger partial charge in [-0.15, -0.1) is 0 Å². The number of benzene rings is 5. The first kappa shape index (κ1) is 98.6. The number of hydrogen-bond acceptors (Lipinski definition) is 15. The lowest BCUT2D eigenvalue weighted by Crippen LogP contribution is -2.08. The second-order valence-corrected chi connectivity index (χ2v) is 34.6. The number of hydrogen-bond donors (Lipinski definition) is 5. The fraction of sp³-hybridized carbons (Fsp3) is 0.0686. The van der Waals surface area contributed by atoms with Crippen LogP contribution in [0.25, 0.3) is 83.9 Å². The first-order chi connectivity index (χ1) is 67.5. The average Bonchev–Trinajstić information content (AvgIpc) is 1.59. The van der Waals surface area contributed by atoms with Crippen molar-refractivity contribution in [2.45, 2.75) is 44.5 Å². The average molecular weight is 2060 g/mol. The Morgan fingerprint density at radius 1 is 0.255 bits per heavy atom. The number of aromatic carboxylic acids is 5. The molecule has 25 nitrogen and oxygen atoms in total. The van der Waals surface area contributed by atoms with Crippen LogP contribution < -0.4 is 0 Å². The van der Waals surface area contributed by atoms with E-state index in [9.17, 15) is 75.8 Å². The molecule has 706 valence electrons. The molecule has 0 saturated carbocycles. The Hall–Kier alpha value is -15.5. The van der Waals surface area contributed by atoms with E-state index in [2.05, 4.69) is 50.4 Å². The zero-order valence-corrected chi connectivity index (χ0v) is 78.2. The number of carboxylic acids is 5. The topological polar surface area (TPSA) is 337 Å². The molecule has 20 aromatic rings. The highest BCUT2D eigenvalue weighted by molar-refractivity contribution is 6.34. The molecule has 20 rings (SSSR count). The van der Waals surface area contributed by atoms with E-state index >= 15 is 0 Å². The molecular weight excluding hydrogens is 1990 g/mol. The number of rotatable bonds is 20. The summed E-state index contributed by atoms with van der Waals surface area (Å²) in [4.78, 5) is 77.0. The molecule has 141 heavy (non-hydrogen) atoms. The number of halogens is 14. The first-order valence-corrected chi connectivity index (χ1v) is 44.9. The van der Waals surface area contributed by atoms with Crippen molar-refractivity contribution in [3.63, 3.8) is 0 Å². The summed E-state index contributed by atoms with van der Waals surface area (Å²) in [6.45, 7) is 0. The van der Waals surface area contributed by atoms with E-state index in [-0.39, 0.29) is 58.1 Å². The number of aromatic nitrogens is 15. The molecule has 15 aromatic heterocycles. The molecule has 0 atom stereocenters. The van der Waals surface area contributed by atoms with E-state index in [1.54, 1.807) is 166 Å². The van der Waals surface area contributed by atoms with E-state index in [1.807, 2.05) is 66.7 Å². The van der Waals surface area contributed by atoms with Crippen LogP contribution in [0.1, 0.15) is 120 Å². The minimum Gasteiger partial charge on any atom is -0.477 e. The highest BCUT2D eigenvalue weighted by Crippen LogP contribution is 2.42. The standard InChI is InChI=1S/2C21H13ClF3N3O2.3C20H13Cl2N3O2/c22-14-7-8-18-16(10-15-5-2-6-17(26-15)20(29)30)19(27-28(18)11-14)12-3-1-4-13(9-12)21(23,24)25;22-12-8-9-18-15(10-13-4-3-7-17(26-13)20(29)30)19(27-28(18)11-12)14-5-1-2-6-16(14)21(23,24)25;21-13-4-1-3-12(9-13)19-16(18-8-7-14(22)11-25(18)24-19)10-15-5-2-6-17(23-15)20(26)27;21-12-8-9-18-15(10-13-4-3-7-17(23-13)20(26)27)19(24-25(18)11-12)14-5-1-2-6-16(14)22;21-13-6-4-12(5-7-13)19-16(18-9-8-14(22)11-25(18)24-19)10-15-2-1-3-17(23-15)20(26)27/h2*1-9,11H,10H2,(H,29,30);3*1-9,11H,10H2,(H,26,27). The summed E-state index contributed by atoms with van der Waals surface area (Å²) in [5, 5.41) is 73.1. The number of carboxylic acid groups (broad SMARTS) is 5. The summed E-state index contributed by atoms with van der Waals surface area (Å²) < 4.78 is 88.5. The molecule has 0 amide bonds. The summed E-state index contributed by atoms with van der Waals surface area (Å²) in [7, 11) is 0.